The predicted molar refractivity (Wildman–Crippen MR) is 139 cm³/mol. The number of anilines is 1. The summed E-state index contributed by atoms with van der Waals surface area (Å²) in [6.07, 6.45) is 2.03. The van der Waals surface area contributed by atoms with E-state index in [2.05, 4.69) is 15.4 Å². The van der Waals surface area contributed by atoms with Gasteiger partial charge in [-0.1, -0.05) is 30.3 Å². The quantitative estimate of drug-likeness (QED) is 0.327. The second-order valence-electron chi connectivity index (χ2n) is 8.71. The molecule has 6 rings (SSSR count). The lowest BCUT2D eigenvalue weighted by Gasteiger charge is -2.09. The molecule has 0 saturated heterocycles. The summed E-state index contributed by atoms with van der Waals surface area (Å²) in [6.45, 7) is 2.53. The Balaban J connectivity index is 1.21. The van der Waals surface area contributed by atoms with E-state index in [1.807, 2.05) is 83.0 Å². The van der Waals surface area contributed by atoms with Gasteiger partial charge in [-0.2, -0.15) is 5.10 Å². The maximum atomic E-state index is 13.4. The van der Waals surface area contributed by atoms with Gasteiger partial charge in [0.05, 0.1) is 23.1 Å². The van der Waals surface area contributed by atoms with Crippen LogP contribution in [0.25, 0.3) is 27.6 Å². The van der Waals surface area contributed by atoms with Crippen LogP contribution in [0.1, 0.15) is 21.7 Å². The molecule has 1 N–H and O–H groups in total. The molecule has 0 saturated carbocycles. The summed E-state index contributed by atoms with van der Waals surface area (Å²) in [5.74, 6) is 0.243. The van der Waals surface area contributed by atoms with Gasteiger partial charge in [-0.05, 0) is 73.2 Å². The number of rotatable bonds is 5. The normalized spacial score (nSPS) is 11.3. The second-order valence-corrected chi connectivity index (χ2v) is 8.71. The lowest BCUT2D eigenvalue weighted by atomic mass is 10.1. The number of carbonyl (C=O) groups excluding carboxylic acids is 1. The van der Waals surface area contributed by atoms with Crippen molar-refractivity contribution in [2.75, 3.05) is 5.32 Å². The topological polar surface area (TPSA) is 64.7 Å². The summed E-state index contributed by atoms with van der Waals surface area (Å²) in [4.78, 5) is 17.6. The van der Waals surface area contributed by atoms with Crippen LogP contribution in [0.3, 0.4) is 0 Å². The predicted octanol–water partition coefficient (Wildman–Crippen LogP) is 6.12. The molecule has 0 unspecified atom stereocenters. The van der Waals surface area contributed by atoms with E-state index in [-0.39, 0.29) is 11.7 Å². The summed E-state index contributed by atoms with van der Waals surface area (Å²) in [6, 6.07) is 27.4. The molecule has 2 heterocycles. The zero-order chi connectivity index (χ0) is 24.6. The number of benzene rings is 4. The van der Waals surface area contributed by atoms with Gasteiger partial charge in [-0.25, -0.2) is 9.37 Å². The third-order valence-corrected chi connectivity index (χ3v) is 6.19. The number of amides is 1. The Kier molecular flexibility index (Phi) is 5.30. The number of fused-ring (bicyclic) bond motifs is 2. The van der Waals surface area contributed by atoms with Crippen molar-refractivity contribution in [1.82, 2.24) is 19.3 Å². The first kappa shape index (κ1) is 21.7. The first-order valence-electron chi connectivity index (χ1n) is 11.6. The maximum Gasteiger partial charge on any atom is 0.255 e. The van der Waals surface area contributed by atoms with Crippen LogP contribution in [-0.4, -0.2) is 25.2 Å². The molecule has 36 heavy (non-hydrogen) atoms. The Bertz CT molecular complexity index is 1680. The zero-order valence-electron chi connectivity index (χ0n) is 19.5. The third-order valence-electron chi connectivity index (χ3n) is 6.19. The minimum absolute atomic E-state index is 0.215. The van der Waals surface area contributed by atoms with Gasteiger partial charge < -0.3 is 5.32 Å². The van der Waals surface area contributed by atoms with Crippen molar-refractivity contribution in [2.24, 2.45) is 0 Å². The van der Waals surface area contributed by atoms with Crippen molar-refractivity contribution < 1.29 is 9.18 Å². The van der Waals surface area contributed by atoms with Crippen molar-refractivity contribution in [2.45, 2.75) is 13.5 Å². The first-order valence-corrected chi connectivity index (χ1v) is 11.6. The highest BCUT2D eigenvalue weighted by molar-refractivity contribution is 6.06. The Hall–Kier alpha value is -4.78. The van der Waals surface area contributed by atoms with Crippen LogP contribution < -0.4 is 5.32 Å². The lowest BCUT2D eigenvalue weighted by Crippen LogP contribution is -2.12. The van der Waals surface area contributed by atoms with Gasteiger partial charge in [-0.3, -0.25) is 14.0 Å². The minimum atomic E-state index is -0.301. The molecule has 1 amide bonds. The first-order chi connectivity index (χ1) is 17.5. The van der Waals surface area contributed by atoms with Crippen LogP contribution in [0, 0.1) is 12.7 Å². The molecule has 0 fully saturated rings. The number of imidazole rings is 1. The smallest absolute Gasteiger partial charge is 0.255 e. The molecular formula is C29H22FN5O. The Morgan fingerprint density at radius 1 is 0.917 bits per heavy atom. The maximum absolute atomic E-state index is 13.4. The van der Waals surface area contributed by atoms with Gasteiger partial charge >= 0.3 is 0 Å². The number of halogens is 1. The van der Waals surface area contributed by atoms with E-state index in [4.69, 9.17) is 0 Å². The molecule has 2 aromatic heterocycles. The molecule has 6 nitrogen and oxygen atoms in total. The van der Waals surface area contributed by atoms with Gasteiger partial charge in [0.25, 0.3) is 5.91 Å². The SMILES string of the molecule is Cc1nc2ccc(C(=O)Nc3ccc(Cn4cc5ccccc5n4)cc3)cc2n1-c1ccc(F)cc1. The molecule has 0 aliphatic carbocycles. The van der Waals surface area contributed by atoms with Crippen molar-refractivity contribution in [3.63, 3.8) is 0 Å². The molecule has 6 aromatic rings. The number of carbonyl (C=O) groups is 1. The Morgan fingerprint density at radius 3 is 2.47 bits per heavy atom. The monoisotopic (exact) mass is 475 g/mol. The molecular weight excluding hydrogens is 453 g/mol. The van der Waals surface area contributed by atoms with E-state index >= 15 is 0 Å². The molecule has 0 radical (unpaired) electrons. The molecule has 0 spiro atoms. The highest BCUT2D eigenvalue weighted by atomic mass is 19.1. The van der Waals surface area contributed by atoms with E-state index in [1.54, 1.807) is 18.2 Å². The molecule has 176 valence electrons. The fraction of sp³-hybridized carbons (Fsp3) is 0.0690. The lowest BCUT2D eigenvalue weighted by molar-refractivity contribution is 0.102. The van der Waals surface area contributed by atoms with E-state index < -0.39 is 0 Å². The molecule has 0 bridgehead atoms. The van der Waals surface area contributed by atoms with Gasteiger partial charge in [0, 0.05) is 28.5 Å². The van der Waals surface area contributed by atoms with Gasteiger partial charge in [0.15, 0.2) is 0 Å². The van der Waals surface area contributed by atoms with E-state index in [9.17, 15) is 9.18 Å². The van der Waals surface area contributed by atoms with Crippen molar-refractivity contribution in [3.05, 3.63) is 120 Å². The van der Waals surface area contributed by atoms with Gasteiger partial charge in [-0.15, -0.1) is 0 Å². The standard InChI is InChI=1S/C29H22FN5O/c1-19-31-27-15-8-21(16-28(27)35(19)25-13-9-23(30)10-14-25)29(36)32-24-11-6-20(7-12-24)17-34-18-22-4-2-3-5-26(22)33-34/h2-16,18H,17H2,1H3,(H,32,36). The molecule has 0 atom stereocenters. The fourth-order valence-corrected chi connectivity index (χ4v) is 4.43. The number of hydrogen-bond acceptors (Lipinski definition) is 3. The van der Waals surface area contributed by atoms with Crippen molar-refractivity contribution in [1.29, 1.82) is 0 Å². The largest absolute Gasteiger partial charge is 0.322 e. The van der Waals surface area contributed by atoms with Crippen LogP contribution in [-0.2, 0) is 6.54 Å². The van der Waals surface area contributed by atoms with Crippen LogP contribution in [0.4, 0.5) is 10.1 Å². The van der Waals surface area contributed by atoms with Gasteiger partial charge in [0.2, 0.25) is 0 Å². The number of nitrogens with one attached hydrogen (secondary N) is 1. The molecule has 0 aliphatic rings. The zero-order valence-corrected chi connectivity index (χ0v) is 19.5. The summed E-state index contributed by atoms with van der Waals surface area (Å²) >= 11 is 0. The number of aromatic nitrogens is 4. The average molecular weight is 476 g/mol. The summed E-state index contributed by atoms with van der Waals surface area (Å²) < 4.78 is 17.2. The van der Waals surface area contributed by atoms with Crippen molar-refractivity contribution >= 4 is 33.5 Å². The van der Waals surface area contributed by atoms with Crippen molar-refractivity contribution in [3.8, 4) is 5.69 Å². The summed E-state index contributed by atoms with van der Waals surface area (Å²) in [7, 11) is 0. The second kappa shape index (κ2) is 8.78. The van der Waals surface area contributed by atoms with E-state index in [1.165, 1.54) is 12.1 Å². The van der Waals surface area contributed by atoms with E-state index in [0.717, 1.165) is 39.0 Å². The van der Waals surface area contributed by atoms with E-state index in [0.29, 0.717) is 17.8 Å². The number of nitrogens with zero attached hydrogens (tertiary/aromatic N) is 4. The summed E-state index contributed by atoms with van der Waals surface area (Å²) in [5, 5.41) is 8.67. The Morgan fingerprint density at radius 2 is 1.69 bits per heavy atom. The highest BCUT2D eigenvalue weighted by Crippen LogP contribution is 2.23. The summed E-state index contributed by atoms with van der Waals surface area (Å²) in [5.41, 5.74) is 5.61. The van der Waals surface area contributed by atoms with Crippen LogP contribution in [0.2, 0.25) is 0 Å². The van der Waals surface area contributed by atoms with Crippen LogP contribution in [0.15, 0.2) is 97.2 Å². The molecule has 7 heteroatoms. The molecule has 0 aliphatic heterocycles. The Labute approximate surface area is 206 Å². The van der Waals surface area contributed by atoms with Crippen LogP contribution >= 0.6 is 0 Å². The minimum Gasteiger partial charge on any atom is -0.322 e. The molecule has 4 aromatic carbocycles. The fourth-order valence-electron chi connectivity index (χ4n) is 4.43. The third kappa shape index (κ3) is 4.11. The number of aryl methyl sites for hydroxylation is 1. The highest BCUT2D eigenvalue weighted by Gasteiger charge is 2.14. The average Bonchev–Trinajstić information content (AvgIpc) is 3.44. The van der Waals surface area contributed by atoms with Gasteiger partial charge in [0.1, 0.15) is 11.6 Å². The van der Waals surface area contributed by atoms with Crippen LogP contribution in [0.5, 0.6) is 0 Å². The number of hydrogen-bond donors (Lipinski definition) is 1.